The molecule has 132 valence electrons. The third kappa shape index (κ3) is 3.39. The molecular formula is C19H18N4O2S. The molecule has 0 radical (unpaired) electrons. The van der Waals surface area contributed by atoms with E-state index >= 15 is 0 Å². The lowest BCUT2D eigenvalue weighted by Gasteiger charge is -2.11. The van der Waals surface area contributed by atoms with E-state index in [-0.39, 0.29) is 6.10 Å². The van der Waals surface area contributed by atoms with Crippen molar-refractivity contribution in [2.45, 2.75) is 19.4 Å². The molecule has 4 rings (SSSR count). The van der Waals surface area contributed by atoms with Gasteiger partial charge in [0.25, 0.3) is 0 Å². The molecule has 0 fully saturated rings. The normalized spacial score (nSPS) is 12.2. The Hall–Kier alpha value is -2.93. The summed E-state index contributed by atoms with van der Waals surface area (Å²) < 4.78 is 13.0. The van der Waals surface area contributed by atoms with Gasteiger partial charge in [-0.2, -0.15) is 9.61 Å². The van der Waals surface area contributed by atoms with Gasteiger partial charge in [0.15, 0.2) is 10.8 Å². The molecule has 2 heterocycles. The molecule has 6 nitrogen and oxygen atoms in total. The predicted molar refractivity (Wildman–Crippen MR) is 99.9 cm³/mol. The summed E-state index contributed by atoms with van der Waals surface area (Å²) >= 11 is 1.50. The highest BCUT2D eigenvalue weighted by Crippen LogP contribution is 2.26. The van der Waals surface area contributed by atoms with E-state index in [4.69, 9.17) is 9.47 Å². The molecule has 0 saturated carbocycles. The Balaban J connectivity index is 1.54. The second-order valence-electron chi connectivity index (χ2n) is 5.85. The second kappa shape index (κ2) is 7.13. The lowest BCUT2D eigenvalue weighted by Crippen LogP contribution is -2.04. The van der Waals surface area contributed by atoms with Crippen LogP contribution in [0.3, 0.4) is 0 Å². The van der Waals surface area contributed by atoms with Gasteiger partial charge in [-0.3, -0.25) is 0 Å². The molecule has 2 aromatic carbocycles. The largest absolute Gasteiger partial charge is 0.497 e. The molecule has 2 aromatic heterocycles. The fourth-order valence-corrected chi connectivity index (χ4v) is 3.46. The molecule has 0 aliphatic carbocycles. The van der Waals surface area contributed by atoms with Crippen LogP contribution in [-0.4, -0.2) is 26.9 Å². The summed E-state index contributed by atoms with van der Waals surface area (Å²) in [5, 5.41) is 14.0. The van der Waals surface area contributed by atoms with Crippen molar-refractivity contribution in [2.24, 2.45) is 0 Å². The Labute approximate surface area is 155 Å². The average molecular weight is 366 g/mol. The van der Waals surface area contributed by atoms with Crippen LogP contribution in [0.1, 0.15) is 29.4 Å². The Morgan fingerprint density at radius 3 is 2.50 bits per heavy atom. The molecule has 4 aromatic rings. The summed E-state index contributed by atoms with van der Waals surface area (Å²) in [5.74, 6) is 2.46. The monoisotopic (exact) mass is 366 g/mol. The summed E-state index contributed by atoms with van der Waals surface area (Å²) in [5.41, 5.74) is 1.13. The summed E-state index contributed by atoms with van der Waals surface area (Å²) in [6, 6.07) is 17.7. The van der Waals surface area contributed by atoms with Crippen molar-refractivity contribution < 1.29 is 9.47 Å². The maximum Gasteiger partial charge on any atom is 0.234 e. The van der Waals surface area contributed by atoms with Crippen LogP contribution in [-0.2, 0) is 6.42 Å². The lowest BCUT2D eigenvalue weighted by molar-refractivity contribution is 0.225. The SMILES string of the molecule is COc1ccc(Cc2nnc3sc([C@@H](C)Oc4ccccc4)nn23)cc1. The van der Waals surface area contributed by atoms with Gasteiger partial charge in [-0.15, -0.1) is 10.2 Å². The highest BCUT2D eigenvalue weighted by molar-refractivity contribution is 7.16. The topological polar surface area (TPSA) is 61.5 Å². The van der Waals surface area contributed by atoms with Crippen molar-refractivity contribution in [3.8, 4) is 11.5 Å². The maximum atomic E-state index is 5.96. The number of rotatable bonds is 6. The minimum atomic E-state index is -0.155. The Morgan fingerprint density at radius 2 is 1.77 bits per heavy atom. The summed E-state index contributed by atoms with van der Waals surface area (Å²) in [6.07, 6.45) is 0.500. The van der Waals surface area contributed by atoms with Crippen molar-refractivity contribution in [2.75, 3.05) is 7.11 Å². The molecular weight excluding hydrogens is 348 g/mol. The third-order valence-corrected chi connectivity index (χ3v) is 5.06. The van der Waals surface area contributed by atoms with Crippen molar-refractivity contribution in [3.63, 3.8) is 0 Å². The van der Waals surface area contributed by atoms with E-state index in [0.29, 0.717) is 6.42 Å². The fraction of sp³-hybridized carbons (Fsp3) is 0.211. The van der Waals surface area contributed by atoms with Crippen LogP contribution in [0.2, 0.25) is 0 Å². The molecule has 26 heavy (non-hydrogen) atoms. The summed E-state index contributed by atoms with van der Waals surface area (Å²) in [4.78, 5) is 0.770. The van der Waals surface area contributed by atoms with Crippen LogP contribution >= 0.6 is 11.3 Å². The average Bonchev–Trinajstić information content (AvgIpc) is 3.25. The van der Waals surface area contributed by atoms with Crippen molar-refractivity contribution in [1.82, 2.24) is 19.8 Å². The lowest BCUT2D eigenvalue weighted by atomic mass is 10.1. The zero-order valence-corrected chi connectivity index (χ0v) is 15.3. The van der Waals surface area contributed by atoms with Gasteiger partial charge < -0.3 is 9.47 Å². The van der Waals surface area contributed by atoms with Gasteiger partial charge in [0, 0.05) is 6.42 Å². The molecule has 7 heteroatoms. The van der Waals surface area contributed by atoms with E-state index in [2.05, 4.69) is 15.3 Å². The zero-order valence-electron chi connectivity index (χ0n) is 14.5. The Morgan fingerprint density at radius 1 is 1.00 bits per heavy atom. The quantitative estimate of drug-likeness (QED) is 0.517. The molecule has 0 aliphatic rings. The molecule has 0 unspecified atom stereocenters. The van der Waals surface area contributed by atoms with Gasteiger partial charge in [-0.05, 0) is 36.8 Å². The number of methoxy groups -OCH3 is 1. The zero-order chi connectivity index (χ0) is 17.9. The van der Waals surface area contributed by atoms with E-state index in [1.807, 2.05) is 61.5 Å². The van der Waals surface area contributed by atoms with Crippen LogP contribution in [0.15, 0.2) is 54.6 Å². The number of hydrogen-bond donors (Lipinski definition) is 0. The third-order valence-electron chi connectivity index (χ3n) is 4.00. The van der Waals surface area contributed by atoms with Gasteiger partial charge >= 0.3 is 0 Å². The smallest absolute Gasteiger partial charge is 0.234 e. The number of para-hydroxylation sites is 1. The minimum Gasteiger partial charge on any atom is -0.497 e. The number of benzene rings is 2. The predicted octanol–water partition coefficient (Wildman–Crippen LogP) is 3.93. The van der Waals surface area contributed by atoms with Crippen LogP contribution in [0.4, 0.5) is 0 Å². The number of hydrogen-bond acceptors (Lipinski definition) is 6. The van der Waals surface area contributed by atoms with Crippen molar-refractivity contribution in [1.29, 1.82) is 0 Å². The van der Waals surface area contributed by atoms with E-state index in [0.717, 1.165) is 32.9 Å². The molecule has 0 amide bonds. The number of fused-ring (bicyclic) bond motifs is 1. The Bertz CT molecular complexity index is 995. The molecule has 0 bridgehead atoms. The van der Waals surface area contributed by atoms with Crippen LogP contribution in [0.5, 0.6) is 11.5 Å². The first-order valence-electron chi connectivity index (χ1n) is 8.28. The first-order chi connectivity index (χ1) is 12.7. The number of aromatic nitrogens is 4. The van der Waals surface area contributed by atoms with Crippen LogP contribution < -0.4 is 9.47 Å². The van der Waals surface area contributed by atoms with E-state index in [1.54, 1.807) is 11.6 Å². The first-order valence-corrected chi connectivity index (χ1v) is 9.10. The van der Waals surface area contributed by atoms with Crippen molar-refractivity contribution in [3.05, 3.63) is 71.0 Å². The number of nitrogens with zero attached hydrogens (tertiary/aromatic N) is 4. The highest BCUT2D eigenvalue weighted by atomic mass is 32.1. The second-order valence-corrected chi connectivity index (χ2v) is 6.84. The summed E-state index contributed by atoms with van der Waals surface area (Å²) in [7, 11) is 1.66. The Kier molecular flexibility index (Phi) is 4.53. The maximum absolute atomic E-state index is 5.96. The highest BCUT2D eigenvalue weighted by Gasteiger charge is 2.17. The summed E-state index contributed by atoms with van der Waals surface area (Å²) in [6.45, 7) is 1.99. The van der Waals surface area contributed by atoms with Crippen molar-refractivity contribution >= 4 is 16.3 Å². The van der Waals surface area contributed by atoms with Gasteiger partial charge in [-0.1, -0.05) is 41.7 Å². The molecule has 1 atom stereocenters. The van der Waals surface area contributed by atoms with Crippen LogP contribution in [0, 0.1) is 0 Å². The van der Waals surface area contributed by atoms with E-state index < -0.39 is 0 Å². The molecule has 0 spiro atoms. The number of ether oxygens (including phenoxy) is 2. The van der Waals surface area contributed by atoms with Gasteiger partial charge in [0.05, 0.1) is 7.11 Å². The first kappa shape index (κ1) is 16.5. The molecule has 0 N–H and O–H groups in total. The standard InChI is InChI=1S/C19H18N4O2S/c1-13(25-16-6-4-3-5-7-16)18-22-23-17(20-21-19(23)26-18)12-14-8-10-15(24-2)11-9-14/h3-11,13H,12H2,1-2H3/t13-/m1/s1. The minimum absolute atomic E-state index is 0.155. The van der Waals surface area contributed by atoms with Gasteiger partial charge in [0.2, 0.25) is 4.96 Å². The molecule has 0 aliphatic heterocycles. The van der Waals surface area contributed by atoms with E-state index in [1.165, 1.54) is 11.3 Å². The van der Waals surface area contributed by atoms with Crippen LogP contribution in [0.25, 0.3) is 4.96 Å². The fourth-order valence-electron chi connectivity index (χ4n) is 2.63. The van der Waals surface area contributed by atoms with Gasteiger partial charge in [-0.25, -0.2) is 0 Å². The molecule has 0 saturated heterocycles. The van der Waals surface area contributed by atoms with E-state index in [9.17, 15) is 0 Å². The van der Waals surface area contributed by atoms with Gasteiger partial charge in [0.1, 0.15) is 17.6 Å².